The quantitative estimate of drug-likeness (QED) is 0.877. The van der Waals surface area contributed by atoms with E-state index in [1.807, 2.05) is 17.0 Å². The molecule has 1 saturated heterocycles. The number of hydrogen-bond acceptors (Lipinski definition) is 3. The Hall–Kier alpha value is -1.85. The van der Waals surface area contributed by atoms with Gasteiger partial charge in [-0.25, -0.2) is 0 Å². The van der Waals surface area contributed by atoms with Crippen LogP contribution >= 0.6 is 0 Å². The van der Waals surface area contributed by atoms with Crippen molar-refractivity contribution in [1.29, 1.82) is 0 Å². The smallest absolute Gasteiger partial charge is 0.255 e. The molecule has 0 bridgehead atoms. The maximum absolute atomic E-state index is 13.0. The molecule has 1 fully saturated rings. The number of aromatic nitrogens is 1. The second kappa shape index (κ2) is 7.58. The number of H-pyrrole nitrogens is 1. The maximum atomic E-state index is 13.0. The Morgan fingerprint density at radius 2 is 2.04 bits per heavy atom. The van der Waals surface area contributed by atoms with Gasteiger partial charge in [-0.2, -0.15) is 0 Å². The van der Waals surface area contributed by atoms with Crippen molar-refractivity contribution < 1.29 is 9.90 Å². The number of aromatic amines is 1. The van der Waals surface area contributed by atoms with E-state index < -0.39 is 0 Å². The van der Waals surface area contributed by atoms with Crippen molar-refractivity contribution in [3.05, 3.63) is 35.0 Å². The molecule has 2 aromatic rings. The zero-order valence-corrected chi connectivity index (χ0v) is 15.5. The van der Waals surface area contributed by atoms with Crippen molar-refractivity contribution in [2.45, 2.75) is 39.2 Å². The molecular weight excluding hydrogens is 314 g/mol. The van der Waals surface area contributed by atoms with Gasteiger partial charge in [-0.3, -0.25) is 4.79 Å². The zero-order chi connectivity index (χ0) is 18.0. The van der Waals surface area contributed by atoms with Crippen LogP contribution in [0.1, 0.15) is 40.9 Å². The second-order valence-corrected chi connectivity index (χ2v) is 7.18. The molecule has 2 N–H and O–H groups in total. The second-order valence-electron chi connectivity index (χ2n) is 7.18. The highest BCUT2D eigenvalue weighted by atomic mass is 16.3. The summed E-state index contributed by atoms with van der Waals surface area (Å²) in [7, 11) is 2.11. The first kappa shape index (κ1) is 18.0. The molecule has 2 heterocycles. The number of carbonyl (C=O) groups is 1. The summed E-state index contributed by atoms with van der Waals surface area (Å²) in [6.45, 7) is 6.88. The number of carbonyl (C=O) groups excluding carboxylic acids is 1. The fourth-order valence-electron chi connectivity index (χ4n) is 3.84. The van der Waals surface area contributed by atoms with E-state index in [4.69, 9.17) is 5.11 Å². The minimum absolute atomic E-state index is 0.128. The van der Waals surface area contributed by atoms with E-state index in [-0.39, 0.29) is 12.5 Å². The lowest BCUT2D eigenvalue weighted by Crippen LogP contribution is -2.45. The highest BCUT2D eigenvalue weighted by Gasteiger charge is 2.27. The third-order valence-corrected chi connectivity index (χ3v) is 5.62. The van der Waals surface area contributed by atoms with Gasteiger partial charge in [0, 0.05) is 43.4 Å². The minimum atomic E-state index is 0.128. The molecule has 1 aliphatic rings. The summed E-state index contributed by atoms with van der Waals surface area (Å²) in [5.74, 6) is 0.128. The molecule has 1 amide bonds. The molecule has 5 nitrogen and oxygen atoms in total. The maximum Gasteiger partial charge on any atom is 0.255 e. The number of fused-ring (bicyclic) bond motifs is 1. The summed E-state index contributed by atoms with van der Waals surface area (Å²) in [4.78, 5) is 20.7. The average Bonchev–Trinajstić information content (AvgIpc) is 2.93. The Labute approximate surface area is 149 Å². The number of nitrogens with zero attached hydrogens (tertiary/aromatic N) is 2. The molecule has 1 aromatic heterocycles. The van der Waals surface area contributed by atoms with E-state index in [9.17, 15) is 4.79 Å². The van der Waals surface area contributed by atoms with Crippen LogP contribution in [0.3, 0.4) is 0 Å². The Balaban J connectivity index is 1.70. The first-order chi connectivity index (χ1) is 12.0. The summed E-state index contributed by atoms with van der Waals surface area (Å²) < 4.78 is 0. The van der Waals surface area contributed by atoms with E-state index in [0.717, 1.165) is 61.1 Å². The standard InChI is InChI=1S/C20H29N3O2/c1-14-15(2)21-19-17(14)6-4-7-18(19)20(25)23-11-8-16(9-12-23)22(3)10-5-13-24/h4,6-7,16,21,24H,5,8-13H2,1-3H3. The van der Waals surface area contributed by atoms with Gasteiger partial charge in [-0.15, -0.1) is 0 Å². The number of aryl methyl sites for hydroxylation is 2. The van der Waals surface area contributed by atoms with E-state index in [0.29, 0.717) is 6.04 Å². The Bertz CT molecular complexity index is 745. The number of piperidine rings is 1. The van der Waals surface area contributed by atoms with Crippen LogP contribution in [-0.4, -0.2) is 65.1 Å². The van der Waals surface area contributed by atoms with Gasteiger partial charge in [0.25, 0.3) is 5.91 Å². The van der Waals surface area contributed by atoms with E-state index in [1.54, 1.807) is 0 Å². The van der Waals surface area contributed by atoms with Crippen molar-refractivity contribution in [2.24, 2.45) is 0 Å². The molecule has 0 saturated carbocycles. The van der Waals surface area contributed by atoms with Gasteiger partial charge in [0.2, 0.25) is 0 Å². The fourth-order valence-corrected chi connectivity index (χ4v) is 3.84. The molecule has 1 aromatic carbocycles. The summed E-state index contributed by atoms with van der Waals surface area (Å²) in [5, 5.41) is 10.1. The molecule has 3 rings (SSSR count). The van der Waals surface area contributed by atoms with Gasteiger partial charge >= 0.3 is 0 Å². The molecule has 5 heteroatoms. The largest absolute Gasteiger partial charge is 0.396 e. The van der Waals surface area contributed by atoms with Crippen LogP contribution in [0.25, 0.3) is 10.9 Å². The number of rotatable bonds is 5. The van der Waals surface area contributed by atoms with Crippen LogP contribution in [0.4, 0.5) is 0 Å². The zero-order valence-electron chi connectivity index (χ0n) is 15.5. The fraction of sp³-hybridized carbons (Fsp3) is 0.550. The van der Waals surface area contributed by atoms with Gasteiger partial charge < -0.3 is 19.9 Å². The predicted octanol–water partition coefficient (Wildman–Crippen LogP) is 2.70. The van der Waals surface area contributed by atoms with Gasteiger partial charge in [0.15, 0.2) is 0 Å². The molecule has 0 atom stereocenters. The molecule has 1 aliphatic heterocycles. The van der Waals surface area contributed by atoms with Gasteiger partial charge in [0.05, 0.1) is 11.1 Å². The number of aliphatic hydroxyl groups excluding tert-OH is 1. The molecule has 0 aliphatic carbocycles. The monoisotopic (exact) mass is 343 g/mol. The lowest BCUT2D eigenvalue weighted by molar-refractivity contribution is 0.0643. The Morgan fingerprint density at radius 1 is 1.32 bits per heavy atom. The third kappa shape index (κ3) is 3.58. The number of aliphatic hydroxyl groups is 1. The number of nitrogens with one attached hydrogen (secondary N) is 1. The molecule has 136 valence electrons. The molecular formula is C20H29N3O2. The van der Waals surface area contributed by atoms with Crippen LogP contribution in [0.2, 0.25) is 0 Å². The topological polar surface area (TPSA) is 59.6 Å². The Morgan fingerprint density at radius 3 is 2.72 bits per heavy atom. The summed E-state index contributed by atoms with van der Waals surface area (Å²) in [6.07, 6.45) is 2.79. The van der Waals surface area contributed by atoms with Crippen molar-refractivity contribution in [3.8, 4) is 0 Å². The van der Waals surface area contributed by atoms with Crippen LogP contribution in [0.15, 0.2) is 18.2 Å². The Kier molecular flexibility index (Phi) is 5.45. The van der Waals surface area contributed by atoms with Gasteiger partial charge in [0.1, 0.15) is 0 Å². The highest BCUT2D eigenvalue weighted by molar-refractivity contribution is 6.06. The van der Waals surface area contributed by atoms with Crippen LogP contribution in [0, 0.1) is 13.8 Å². The van der Waals surface area contributed by atoms with E-state index >= 15 is 0 Å². The number of para-hydroxylation sites is 1. The summed E-state index contributed by atoms with van der Waals surface area (Å²) in [6, 6.07) is 6.49. The molecule has 25 heavy (non-hydrogen) atoms. The van der Waals surface area contributed by atoms with Crippen molar-refractivity contribution in [2.75, 3.05) is 33.3 Å². The molecule has 0 unspecified atom stereocenters. The third-order valence-electron chi connectivity index (χ3n) is 5.62. The lowest BCUT2D eigenvalue weighted by atomic mass is 10.0. The summed E-state index contributed by atoms with van der Waals surface area (Å²) in [5.41, 5.74) is 4.08. The SMILES string of the molecule is Cc1[nH]c2c(C(=O)N3CCC(N(C)CCCO)CC3)cccc2c1C. The normalized spacial score (nSPS) is 16.1. The average molecular weight is 343 g/mol. The first-order valence-corrected chi connectivity index (χ1v) is 9.21. The van der Waals surface area contributed by atoms with Crippen molar-refractivity contribution >= 4 is 16.8 Å². The number of amides is 1. The van der Waals surface area contributed by atoms with E-state index in [2.05, 4.69) is 36.8 Å². The molecule has 0 spiro atoms. The van der Waals surface area contributed by atoms with Gasteiger partial charge in [-0.05, 0) is 51.8 Å². The van der Waals surface area contributed by atoms with Crippen molar-refractivity contribution in [3.63, 3.8) is 0 Å². The van der Waals surface area contributed by atoms with Crippen LogP contribution in [-0.2, 0) is 0 Å². The van der Waals surface area contributed by atoms with E-state index in [1.165, 1.54) is 5.56 Å². The highest BCUT2D eigenvalue weighted by Crippen LogP contribution is 2.26. The van der Waals surface area contributed by atoms with Crippen LogP contribution < -0.4 is 0 Å². The molecule has 0 radical (unpaired) electrons. The lowest BCUT2D eigenvalue weighted by Gasteiger charge is -2.36. The van der Waals surface area contributed by atoms with Gasteiger partial charge in [-0.1, -0.05) is 12.1 Å². The number of benzene rings is 1. The predicted molar refractivity (Wildman–Crippen MR) is 101 cm³/mol. The van der Waals surface area contributed by atoms with Crippen molar-refractivity contribution in [1.82, 2.24) is 14.8 Å². The number of hydrogen-bond donors (Lipinski definition) is 2. The minimum Gasteiger partial charge on any atom is -0.396 e. The number of likely N-dealkylation sites (tertiary alicyclic amines) is 1. The first-order valence-electron chi connectivity index (χ1n) is 9.21. The summed E-state index contributed by atoms with van der Waals surface area (Å²) >= 11 is 0. The van der Waals surface area contributed by atoms with Crippen LogP contribution in [0.5, 0.6) is 0 Å².